The van der Waals surface area contributed by atoms with Crippen LogP contribution in [-0.4, -0.2) is 25.0 Å². The van der Waals surface area contributed by atoms with E-state index in [-0.39, 0.29) is 10.6 Å². The van der Waals surface area contributed by atoms with E-state index in [9.17, 15) is 23.3 Å². The van der Waals surface area contributed by atoms with Crippen molar-refractivity contribution < 1.29 is 18.1 Å². The molecule has 1 amide bonds. The Morgan fingerprint density at radius 3 is 2.48 bits per heavy atom. The van der Waals surface area contributed by atoms with Gasteiger partial charge in [0, 0.05) is 17.2 Å². The van der Waals surface area contributed by atoms with Crippen molar-refractivity contribution in [3.05, 3.63) is 69.2 Å². The van der Waals surface area contributed by atoms with Gasteiger partial charge in [-0.25, -0.2) is 8.42 Å². The van der Waals surface area contributed by atoms with E-state index in [1.165, 1.54) is 42.5 Å². The van der Waals surface area contributed by atoms with Crippen LogP contribution >= 0.6 is 11.6 Å². The minimum atomic E-state index is -3.80. The molecule has 7 nitrogen and oxygen atoms in total. The first kappa shape index (κ1) is 18.9. The number of nitro benzene ring substituents is 1. The molecule has 2 aromatic carbocycles. The molecule has 1 atom stereocenters. The summed E-state index contributed by atoms with van der Waals surface area (Å²) in [4.78, 5) is 22.3. The van der Waals surface area contributed by atoms with Crippen molar-refractivity contribution in [1.82, 2.24) is 5.32 Å². The number of amides is 1. The van der Waals surface area contributed by atoms with E-state index in [0.717, 1.165) is 0 Å². The van der Waals surface area contributed by atoms with E-state index in [1.54, 1.807) is 13.0 Å². The number of nitrogens with zero attached hydrogens (tertiary/aromatic N) is 1. The van der Waals surface area contributed by atoms with Gasteiger partial charge in [-0.1, -0.05) is 23.7 Å². The summed E-state index contributed by atoms with van der Waals surface area (Å²) >= 11 is 5.72. The van der Waals surface area contributed by atoms with Gasteiger partial charge in [0.25, 0.3) is 5.69 Å². The number of benzene rings is 2. The smallest absolute Gasteiger partial charge is 0.269 e. The maximum absolute atomic E-state index is 12.2. The first-order valence-electron chi connectivity index (χ1n) is 7.21. The first-order valence-corrected chi connectivity index (χ1v) is 9.24. The predicted octanol–water partition coefficient (Wildman–Crippen LogP) is 2.90. The Morgan fingerprint density at radius 1 is 1.24 bits per heavy atom. The lowest BCUT2D eigenvalue weighted by atomic mass is 10.1. The summed E-state index contributed by atoms with van der Waals surface area (Å²) in [6.07, 6.45) is 0. The molecule has 0 aliphatic heterocycles. The molecule has 0 bridgehead atoms. The van der Waals surface area contributed by atoms with Gasteiger partial charge in [-0.05, 0) is 36.8 Å². The number of nitro groups is 1. The number of hydrogen-bond donors (Lipinski definition) is 1. The van der Waals surface area contributed by atoms with Gasteiger partial charge in [-0.3, -0.25) is 14.9 Å². The molecule has 0 fully saturated rings. The molecular weight excluding hydrogens is 368 g/mol. The van der Waals surface area contributed by atoms with Crippen molar-refractivity contribution in [3.63, 3.8) is 0 Å². The second kappa shape index (κ2) is 7.62. The third kappa shape index (κ3) is 5.01. The zero-order chi connectivity index (χ0) is 18.6. The van der Waals surface area contributed by atoms with Gasteiger partial charge in [0.1, 0.15) is 5.75 Å². The Balaban J connectivity index is 2.07. The summed E-state index contributed by atoms with van der Waals surface area (Å²) in [6.45, 7) is 1.62. The molecular formula is C16H15ClN2O5S. The summed E-state index contributed by atoms with van der Waals surface area (Å²) in [6, 6.07) is 10.7. The molecule has 0 saturated carbocycles. The van der Waals surface area contributed by atoms with Crippen molar-refractivity contribution >= 4 is 33.0 Å². The largest absolute Gasteiger partial charge is 0.349 e. The maximum Gasteiger partial charge on any atom is 0.269 e. The highest BCUT2D eigenvalue weighted by atomic mass is 35.5. The Hall–Kier alpha value is -2.45. The van der Waals surface area contributed by atoms with Crippen LogP contribution in [0.5, 0.6) is 0 Å². The van der Waals surface area contributed by atoms with Crippen LogP contribution in [0, 0.1) is 10.1 Å². The summed E-state index contributed by atoms with van der Waals surface area (Å²) in [5.74, 6) is -1.43. The normalized spacial score (nSPS) is 12.4. The molecule has 0 saturated heterocycles. The van der Waals surface area contributed by atoms with Crippen molar-refractivity contribution in [3.8, 4) is 0 Å². The number of carbonyl (C=O) groups excluding carboxylic acids is 1. The van der Waals surface area contributed by atoms with Crippen molar-refractivity contribution in [2.24, 2.45) is 0 Å². The summed E-state index contributed by atoms with van der Waals surface area (Å²) < 4.78 is 24.4. The second-order valence-corrected chi connectivity index (χ2v) is 7.78. The fourth-order valence-corrected chi connectivity index (χ4v) is 3.44. The number of nitrogens with one attached hydrogen (secondary N) is 1. The van der Waals surface area contributed by atoms with Crippen LogP contribution in [0.25, 0.3) is 0 Å². The first-order chi connectivity index (χ1) is 11.7. The van der Waals surface area contributed by atoms with E-state index < -0.39 is 32.5 Å². The Morgan fingerprint density at radius 2 is 1.88 bits per heavy atom. The van der Waals surface area contributed by atoms with Crippen LogP contribution in [0.15, 0.2) is 53.4 Å². The molecule has 25 heavy (non-hydrogen) atoms. The Kier molecular flexibility index (Phi) is 5.76. The molecule has 9 heteroatoms. The molecule has 0 aliphatic rings. The van der Waals surface area contributed by atoms with E-state index >= 15 is 0 Å². The molecule has 2 rings (SSSR count). The topological polar surface area (TPSA) is 106 Å². The molecule has 132 valence electrons. The molecule has 1 N–H and O–H groups in total. The van der Waals surface area contributed by atoms with E-state index in [1.807, 2.05) is 0 Å². The number of hydrogen-bond acceptors (Lipinski definition) is 5. The van der Waals surface area contributed by atoms with Crippen LogP contribution in [-0.2, 0) is 14.6 Å². The quantitative estimate of drug-likeness (QED) is 0.610. The van der Waals surface area contributed by atoms with E-state index in [4.69, 9.17) is 11.6 Å². The zero-order valence-corrected chi connectivity index (χ0v) is 14.8. The average molecular weight is 383 g/mol. The van der Waals surface area contributed by atoms with Gasteiger partial charge in [0.05, 0.1) is 15.9 Å². The molecule has 0 aromatic heterocycles. The summed E-state index contributed by atoms with van der Waals surface area (Å²) in [5.41, 5.74) is 0.402. The molecule has 1 unspecified atom stereocenters. The summed E-state index contributed by atoms with van der Waals surface area (Å²) in [5, 5.41) is 13.7. The van der Waals surface area contributed by atoms with Gasteiger partial charge in [-0.2, -0.15) is 0 Å². The second-order valence-electron chi connectivity index (χ2n) is 5.35. The fraction of sp³-hybridized carbons (Fsp3) is 0.188. The molecule has 0 heterocycles. The lowest BCUT2D eigenvalue weighted by Crippen LogP contribution is -2.32. The fourth-order valence-electron chi connectivity index (χ4n) is 2.17. The Bertz CT molecular complexity index is 897. The average Bonchev–Trinajstić information content (AvgIpc) is 2.54. The lowest BCUT2D eigenvalue weighted by molar-refractivity contribution is -0.384. The number of sulfone groups is 1. The SMILES string of the molecule is CC(NC(=O)CS(=O)(=O)c1ccc(Cl)cc1)c1cccc([N+](=O)[O-])c1. The van der Waals surface area contributed by atoms with E-state index in [0.29, 0.717) is 10.6 Å². The van der Waals surface area contributed by atoms with Gasteiger partial charge >= 0.3 is 0 Å². The highest BCUT2D eigenvalue weighted by Gasteiger charge is 2.21. The highest BCUT2D eigenvalue weighted by molar-refractivity contribution is 7.92. The highest BCUT2D eigenvalue weighted by Crippen LogP contribution is 2.19. The summed E-state index contributed by atoms with van der Waals surface area (Å²) in [7, 11) is -3.80. The van der Waals surface area contributed by atoms with Gasteiger partial charge in [0.2, 0.25) is 5.91 Å². The standard InChI is InChI=1S/C16H15ClN2O5S/c1-11(12-3-2-4-14(9-12)19(21)22)18-16(20)10-25(23,24)15-7-5-13(17)6-8-15/h2-9,11H,10H2,1H3,(H,18,20). The minimum Gasteiger partial charge on any atom is -0.349 e. The molecule has 0 aliphatic carbocycles. The monoisotopic (exact) mass is 382 g/mol. The number of non-ortho nitro benzene ring substituents is 1. The van der Waals surface area contributed by atoms with Crippen LogP contribution in [0.4, 0.5) is 5.69 Å². The third-order valence-electron chi connectivity index (χ3n) is 3.45. The Labute approximate surface area is 149 Å². The van der Waals surface area contributed by atoms with Crippen molar-refractivity contribution in [1.29, 1.82) is 0 Å². The number of halogens is 1. The minimum absolute atomic E-state index is 0.00458. The third-order valence-corrected chi connectivity index (χ3v) is 5.34. The van der Waals surface area contributed by atoms with Gasteiger partial charge in [-0.15, -0.1) is 0 Å². The number of carbonyl (C=O) groups is 1. The van der Waals surface area contributed by atoms with Crippen LogP contribution in [0.1, 0.15) is 18.5 Å². The van der Waals surface area contributed by atoms with Crippen LogP contribution in [0.3, 0.4) is 0 Å². The van der Waals surface area contributed by atoms with Crippen molar-refractivity contribution in [2.45, 2.75) is 17.9 Å². The van der Waals surface area contributed by atoms with Crippen LogP contribution in [0.2, 0.25) is 5.02 Å². The molecule has 2 aromatic rings. The van der Waals surface area contributed by atoms with Gasteiger partial charge in [0.15, 0.2) is 9.84 Å². The maximum atomic E-state index is 12.2. The zero-order valence-electron chi connectivity index (χ0n) is 13.2. The predicted molar refractivity (Wildman–Crippen MR) is 93.2 cm³/mol. The van der Waals surface area contributed by atoms with Crippen molar-refractivity contribution in [2.75, 3.05) is 5.75 Å². The van der Waals surface area contributed by atoms with E-state index in [2.05, 4.69) is 5.32 Å². The lowest BCUT2D eigenvalue weighted by Gasteiger charge is -2.14. The van der Waals surface area contributed by atoms with Gasteiger partial charge < -0.3 is 5.32 Å². The molecule has 0 radical (unpaired) electrons. The van der Waals surface area contributed by atoms with Crippen LogP contribution < -0.4 is 5.32 Å². The number of rotatable bonds is 6. The molecule has 0 spiro atoms.